The molecule has 0 saturated carbocycles. The van der Waals surface area contributed by atoms with Crippen molar-refractivity contribution in [3.05, 3.63) is 21.6 Å². The Kier molecular flexibility index (Phi) is 7.42. The summed E-state index contributed by atoms with van der Waals surface area (Å²) >= 11 is 9.27. The standard InChI is InChI=1S/C13H18BrClN2O3S.ClH/c1-20-13-11(14)6-10(15)7-12(13)21(18,19)17-4-2-9(8-16)3-5-17;/h6-7,9H,2-5,8,16H2,1H3;1H. The Labute approximate surface area is 150 Å². The molecule has 0 aromatic heterocycles. The van der Waals surface area contributed by atoms with Crippen molar-refractivity contribution in [1.82, 2.24) is 4.31 Å². The summed E-state index contributed by atoms with van der Waals surface area (Å²) < 4.78 is 32.8. The summed E-state index contributed by atoms with van der Waals surface area (Å²) in [4.78, 5) is 0.0931. The second kappa shape index (κ2) is 8.17. The molecule has 5 nitrogen and oxygen atoms in total. The molecule has 0 aliphatic carbocycles. The van der Waals surface area contributed by atoms with E-state index in [2.05, 4.69) is 15.9 Å². The third kappa shape index (κ3) is 4.07. The normalized spacial score (nSPS) is 17.1. The minimum Gasteiger partial charge on any atom is -0.494 e. The van der Waals surface area contributed by atoms with Gasteiger partial charge < -0.3 is 10.5 Å². The first-order valence-electron chi connectivity index (χ1n) is 6.63. The van der Waals surface area contributed by atoms with Gasteiger partial charge in [0.2, 0.25) is 10.0 Å². The number of sulfonamides is 1. The number of ether oxygens (including phenoxy) is 1. The van der Waals surface area contributed by atoms with Crippen LogP contribution in [0.25, 0.3) is 0 Å². The zero-order chi connectivity index (χ0) is 15.6. The molecule has 22 heavy (non-hydrogen) atoms. The van der Waals surface area contributed by atoms with E-state index in [9.17, 15) is 8.42 Å². The third-order valence-electron chi connectivity index (χ3n) is 3.70. The van der Waals surface area contributed by atoms with Gasteiger partial charge >= 0.3 is 0 Å². The fourth-order valence-electron chi connectivity index (χ4n) is 2.45. The molecule has 9 heteroatoms. The highest BCUT2D eigenvalue weighted by Gasteiger charge is 2.32. The summed E-state index contributed by atoms with van der Waals surface area (Å²) in [6, 6.07) is 3.04. The van der Waals surface area contributed by atoms with Crippen molar-refractivity contribution in [3.63, 3.8) is 0 Å². The van der Waals surface area contributed by atoms with Crippen LogP contribution in [-0.4, -0.2) is 39.5 Å². The molecule has 0 amide bonds. The van der Waals surface area contributed by atoms with Crippen molar-refractivity contribution in [2.75, 3.05) is 26.7 Å². The van der Waals surface area contributed by atoms with Crippen LogP contribution >= 0.6 is 39.9 Å². The van der Waals surface area contributed by atoms with Crippen LogP contribution in [-0.2, 0) is 10.0 Å². The van der Waals surface area contributed by atoms with Crippen molar-refractivity contribution < 1.29 is 13.2 Å². The Balaban J connectivity index is 0.00000242. The predicted molar refractivity (Wildman–Crippen MR) is 93.5 cm³/mol. The molecule has 1 aromatic carbocycles. The van der Waals surface area contributed by atoms with Crippen LogP contribution in [0, 0.1) is 5.92 Å². The largest absolute Gasteiger partial charge is 0.494 e. The van der Waals surface area contributed by atoms with Crippen molar-refractivity contribution in [2.24, 2.45) is 11.7 Å². The number of hydrogen-bond donors (Lipinski definition) is 1. The molecule has 1 aliphatic rings. The van der Waals surface area contributed by atoms with E-state index >= 15 is 0 Å². The van der Waals surface area contributed by atoms with E-state index in [1.807, 2.05) is 0 Å². The summed E-state index contributed by atoms with van der Waals surface area (Å²) in [6.07, 6.45) is 1.56. The van der Waals surface area contributed by atoms with Crippen LogP contribution in [0.1, 0.15) is 12.8 Å². The lowest BCUT2D eigenvalue weighted by Crippen LogP contribution is -2.40. The zero-order valence-electron chi connectivity index (χ0n) is 12.1. The van der Waals surface area contributed by atoms with Crippen LogP contribution in [0.2, 0.25) is 5.02 Å². The molecule has 0 unspecified atom stereocenters. The minimum absolute atomic E-state index is 0. The maximum Gasteiger partial charge on any atom is 0.246 e. The molecule has 126 valence electrons. The van der Waals surface area contributed by atoms with E-state index in [1.54, 1.807) is 6.07 Å². The highest BCUT2D eigenvalue weighted by atomic mass is 79.9. The van der Waals surface area contributed by atoms with Crippen LogP contribution in [0.15, 0.2) is 21.5 Å². The predicted octanol–water partition coefficient (Wildman–Crippen LogP) is 2.89. The Hall–Kier alpha value is -0.0500. The summed E-state index contributed by atoms with van der Waals surface area (Å²) in [5.74, 6) is 0.671. The van der Waals surface area contributed by atoms with Gasteiger partial charge in [-0.25, -0.2) is 8.42 Å². The number of halogens is 3. The number of benzene rings is 1. The topological polar surface area (TPSA) is 72.6 Å². The Bertz CT molecular complexity index is 620. The van der Waals surface area contributed by atoms with Crippen LogP contribution in [0.3, 0.4) is 0 Å². The fourth-order valence-corrected chi connectivity index (χ4v) is 5.29. The third-order valence-corrected chi connectivity index (χ3v) is 6.41. The van der Waals surface area contributed by atoms with Gasteiger partial charge in [0, 0.05) is 18.1 Å². The number of methoxy groups -OCH3 is 1. The molecule has 0 bridgehead atoms. The minimum atomic E-state index is -3.63. The van der Waals surface area contributed by atoms with Crippen LogP contribution < -0.4 is 10.5 Å². The summed E-state index contributed by atoms with van der Waals surface area (Å²) in [5, 5.41) is 0.345. The van der Waals surface area contributed by atoms with Crippen molar-refractivity contribution in [1.29, 1.82) is 0 Å². The second-order valence-corrected chi connectivity index (χ2v) is 8.20. The highest BCUT2D eigenvalue weighted by molar-refractivity contribution is 9.10. The number of piperidine rings is 1. The van der Waals surface area contributed by atoms with Gasteiger partial charge in [-0.05, 0) is 53.4 Å². The lowest BCUT2D eigenvalue weighted by atomic mass is 9.99. The van der Waals surface area contributed by atoms with Gasteiger partial charge in [0.05, 0.1) is 11.6 Å². The average Bonchev–Trinajstić information content (AvgIpc) is 2.46. The van der Waals surface area contributed by atoms with Gasteiger partial charge in [0.15, 0.2) is 5.75 Å². The van der Waals surface area contributed by atoms with Gasteiger partial charge in [-0.1, -0.05) is 11.6 Å². The molecule has 1 aromatic rings. The molecule has 2 N–H and O–H groups in total. The molecule has 0 atom stereocenters. The molecule has 2 rings (SSSR count). The van der Waals surface area contributed by atoms with Gasteiger partial charge in [-0.3, -0.25) is 0 Å². The molecular weight excluding hydrogens is 415 g/mol. The first kappa shape index (κ1) is 20.0. The monoisotopic (exact) mass is 432 g/mol. The van der Waals surface area contributed by atoms with Gasteiger partial charge in [-0.2, -0.15) is 4.31 Å². The maximum absolute atomic E-state index is 12.8. The zero-order valence-corrected chi connectivity index (χ0v) is 16.1. The van der Waals surface area contributed by atoms with Crippen LogP contribution in [0.4, 0.5) is 0 Å². The Morgan fingerprint density at radius 3 is 2.50 bits per heavy atom. The van der Waals surface area contributed by atoms with Crippen molar-refractivity contribution in [2.45, 2.75) is 17.7 Å². The SMILES string of the molecule is COc1c(Br)cc(Cl)cc1S(=O)(=O)N1CCC(CN)CC1.Cl. The number of nitrogens with two attached hydrogens (primary N) is 1. The second-order valence-electron chi connectivity index (χ2n) is 5.00. The van der Waals surface area contributed by atoms with E-state index in [0.29, 0.717) is 35.0 Å². The summed E-state index contributed by atoms with van der Waals surface area (Å²) in [5.41, 5.74) is 5.64. The number of rotatable bonds is 4. The summed E-state index contributed by atoms with van der Waals surface area (Å²) in [7, 11) is -2.19. The fraction of sp³-hybridized carbons (Fsp3) is 0.538. The van der Waals surface area contributed by atoms with E-state index < -0.39 is 10.0 Å². The number of nitrogens with zero attached hydrogens (tertiary/aromatic N) is 1. The quantitative estimate of drug-likeness (QED) is 0.792. The molecule has 1 aliphatic heterocycles. The van der Waals surface area contributed by atoms with Crippen molar-refractivity contribution in [3.8, 4) is 5.75 Å². The van der Waals surface area contributed by atoms with E-state index in [1.165, 1.54) is 17.5 Å². The lowest BCUT2D eigenvalue weighted by molar-refractivity contribution is 0.277. The Morgan fingerprint density at radius 2 is 2.00 bits per heavy atom. The van der Waals surface area contributed by atoms with E-state index in [4.69, 9.17) is 22.1 Å². The first-order valence-corrected chi connectivity index (χ1v) is 9.24. The van der Waals surface area contributed by atoms with Gasteiger partial charge in [0.1, 0.15) is 4.90 Å². The molecule has 0 spiro atoms. The van der Waals surface area contributed by atoms with Crippen molar-refractivity contribution >= 4 is 50.0 Å². The van der Waals surface area contributed by atoms with E-state index in [0.717, 1.165) is 12.8 Å². The van der Waals surface area contributed by atoms with Crippen LogP contribution in [0.5, 0.6) is 5.75 Å². The van der Waals surface area contributed by atoms with Gasteiger partial charge in [-0.15, -0.1) is 12.4 Å². The molecule has 1 heterocycles. The average molecular weight is 434 g/mol. The summed E-state index contributed by atoms with van der Waals surface area (Å²) in [6.45, 7) is 1.54. The smallest absolute Gasteiger partial charge is 0.246 e. The van der Waals surface area contributed by atoms with Gasteiger partial charge in [0.25, 0.3) is 0 Å². The number of hydrogen-bond acceptors (Lipinski definition) is 4. The maximum atomic E-state index is 12.8. The molecule has 1 fully saturated rings. The highest BCUT2D eigenvalue weighted by Crippen LogP contribution is 2.37. The molecule has 0 radical (unpaired) electrons. The molecular formula is C13H19BrCl2N2O3S. The molecule has 1 saturated heterocycles. The Morgan fingerprint density at radius 1 is 1.41 bits per heavy atom. The first-order chi connectivity index (χ1) is 9.90. The lowest BCUT2D eigenvalue weighted by Gasteiger charge is -2.31. The van der Waals surface area contributed by atoms with E-state index in [-0.39, 0.29) is 23.1 Å².